The molecule has 4 heteroatoms. The first-order chi connectivity index (χ1) is 6.89. The van der Waals surface area contributed by atoms with Crippen LogP contribution in [0.25, 0.3) is 11.0 Å². The van der Waals surface area contributed by atoms with Crippen LogP contribution in [0.2, 0.25) is 0 Å². The first-order valence-electron chi connectivity index (χ1n) is 4.93. The zero-order valence-electron chi connectivity index (χ0n) is 9.28. The maximum atomic E-state index is 5.78. The van der Waals surface area contributed by atoms with Gasteiger partial charge in [0.25, 0.3) is 0 Å². The number of hydrogen-bond acceptors (Lipinski definition) is 3. The molecule has 2 rings (SSSR count). The van der Waals surface area contributed by atoms with Crippen molar-refractivity contribution < 1.29 is 0 Å². The molecule has 0 amide bonds. The van der Waals surface area contributed by atoms with Gasteiger partial charge in [-0.2, -0.15) is 0 Å². The average Bonchev–Trinajstić information content (AvgIpc) is 2.41. The Morgan fingerprint density at radius 2 is 1.93 bits per heavy atom. The molecule has 0 radical (unpaired) electrons. The second-order valence-electron chi connectivity index (χ2n) is 4.79. The molecule has 80 valence electrons. The molecular formula is C11H16N4. The summed E-state index contributed by atoms with van der Waals surface area (Å²) in [5.74, 6) is 6.12. The largest absolute Gasteiger partial charge is 0.368 e. The summed E-state index contributed by atoms with van der Waals surface area (Å²) in [6, 6.07) is 6.06. The molecule has 0 saturated carbocycles. The molecule has 4 N–H and O–H groups in total. The summed E-state index contributed by atoms with van der Waals surface area (Å²) in [6.07, 6.45) is 0. The minimum Gasteiger partial charge on any atom is -0.368 e. The first kappa shape index (κ1) is 9.83. The number of fused-ring (bicyclic) bond motifs is 1. The fourth-order valence-corrected chi connectivity index (χ4v) is 1.58. The van der Waals surface area contributed by atoms with Crippen molar-refractivity contribution in [2.45, 2.75) is 26.2 Å². The molecule has 15 heavy (non-hydrogen) atoms. The topological polar surface area (TPSA) is 69.9 Å². The van der Waals surface area contributed by atoms with Crippen LogP contribution in [0.3, 0.4) is 0 Å². The molecule has 0 fully saturated rings. The number of nitrogens with zero attached hydrogens (tertiary/aromatic N) is 2. The van der Waals surface area contributed by atoms with Gasteiger partial charge in [-0.3, -0.25) is 0 Å². The van der Waals surface area contributed by atoms with Gasteiger partial charge in [0.05, 0.1) is 11.0 Å². The number of hydrogen-bond donors (Lipinski definition) is 2. The van der Waals surface area contributed by atoms with E-state index in [1.54, 1.807) is 0 Å². The van der Waals surface area contributed by atoms with E-state index in [1.165, 1.54) is 10.2 Å². The van der Waals surface area contributed by atoms with Crippen LogP contribution >= 0.6 is 0 Å². The Hall–Kier alpha value is -1.71. The van der Waals surface area contributed by atoms with Gasteiger partial charge in [-0.1, -0.05) is 26.8 Å². The number of aromatic nitrogens is 2. The standard InChI is InChI=1S/C11H16N4/c1-11(2,3)7-4-5-8-9(6-7)15(13)10(12)14-8/h4-6H,13H2,1-3H3,(H2,12,14). The van der Waals surface area contributed by atoms with Crippen molar-refractivity contribution in [3.05, 3.63) is 23.8 Å². The molecule has 2 aromatic rings. The minimum absolute atomic E-state index is 0.104. The van der Waals surface area contributed by atoms with Gasteiger partial charge in [0.15, 0.2) is 0 Å². The van der Waals surface area contributed by atoms with E-state index < -0.39 is 0 Å². The van der Waals surface area contributed by atoms with Gasteiger partial charge < -0.3 is 11.6 Å². The maximum Gasteiger partial charge on any atom is 0.220 e. The minimum atomic E-state index is 0.104. The normalized spacial score (nSPS) is 12.2. The third kappa shape index (κ3) is 1.52. The number of nitrogens with two attached hydrogens (primary N) is 2. The lowest BCUT2D eigenvalue weighted by Gasteiger charge is -2.18. The zero-order chi connectivity index (χ0) is 11.2. The van der Waals surface area contributed by atoms with Crippen LogP contribution in [-0.2, 0) is 5.41 Å². The average molecular weight is 204 g/mol. The number of imidazole rings is 1. The van der Waals surface area contributed by atoms with Crippen molar-refractivity contribution >= 4 is 17.0 Å². The quantitative estimate of drug-likeness (QED) is 0.641. The molecule has 0 aliphatic carbocycles. The first-order valence-corrected chi connectivity index (χ1v) is 4.93. The van der Waals surface area contributed by atoms with Crippen molar-refractivity contribution in [1.82, 2.24) is 9.66 Å². The number of anilines is 1. The van der Waals surface area contributed by atoms with Crippen LogP contribution in [0.15, 0.2) is 18.2 Å². The van der Waals surface area contributed by atoms with Gasteiger partial charge in [0.1, 0.15) is 0 Å². The summed E-state index contributed by atoms with van der Waals surface area (Å²) in [4.78, 5) is 4.15. The summed E-state index contributed by atoms with van der Waals surface area (Å²) in [6.45, 7) is 6.48. The second-order valence-corrected chi connectivity index (χ2v) is 4.79. The van der Waals surface area contributed by atoms with E-state index in [1.807, 2.05) is 12.1 Å². The molecule has 0 atom stereocenters. The Kier molecular flexibility index (Phi) is 1.89. The highest BCUT2D eigenvalue weighted by Gasteiger charge is 2.15. The Morgan fingerprint density at radius 3 is 2.53 bits per heavy atom. The van der Waals surface area contributed by atoms with E-state index >= 15 is 0 Å². The number of benzene rings is 1. The van der Waals surface area contributed by atoms with Gasteiger partial charge in [0, 0.05) is 0 Å². The van der Waals surface area contributed by atoms with E-state index in [0.717, 1.165) is 11.0 Å². The Labute approximate surface area is 88.9 Å². The van der Waals surface area contributed by atoms with Crippen LogP contribution in [0, 0.1) is 0 Å². The monoisotopic (exact) mass is 204 g/mol. The van der Waals surface area contributed by atoms with E-state index in [9.17, 15) is 0 Å². The zero-order valence-corrected chi connectivity index (χ0v) is 9.28. The summed E-state index contributed by atoms with van der Waals surface area (Å²) in [7, 11) is 0. The van der Waals surface area contributed by atoms with Crippen molar-refractivity contribution in [2.75, 3.05) is 11.6 Å². The number of nitrogen functional groups attached to an aromatic ring is 2. The van der Waals surface area contributed by atoms with Crippen molar-refractivity contribution in [3.63, 3.8) is 0 Å². The van der Waals surface area contributed by atoms with E-state index in [-0.39, 0.29) is 5.41 Å². The maximum absolute atomic E-state index is 5.78. The van der Waals surface area contributed by atoms with Gasteiger partial charge in [-0.05, 0) is 23.1 Å². The predicted molar refractivity (Wildman–Crippen MR) is 63.0 cm³/mol. The van der Waals surface area contributed by atoms with Gasteiger partial charge in [-0.25, -0.2) is 9.66 Å². The summed E-state index contributed by atoms with van der Waals surface area (Å²) >= 11 is 0. The molecule has 0 aliphatic heterocycles. The summed E-state index contributed by atoms with van der Waals surface area (Å²) in [5, 5.41) is 0. The highest BCUT2D eigenvalue weighted by atomic mass is 15.4. The smallest absolute Gasteiger partial charge is 0.220 e. The molecule has 0 bridgehead atoms. The van der Waals surface area contributed by atoms with Crippen LogP contribution in [0.1, 0.15) is 26.3 Å². The van der Waals surface area contributed by atoms with Crippen LogP contribution in [-0.4, -0.2) is 9.66 Å². The third-order valence-corrected chi connectivity index (χ3v) is 2.58. The molecule has 1 heterocycles. The highest BCUT2D eigenvalue weighted by Crippen LogP contribution is 2.26. The molecule has 0 unspecified atom stereocenters. The molecule has 4 nitrogen and oxygen atoms in total. The molecule has 1 aromatic carbocycles. The second kappa shape index (κ2) is 2.89. The molecule has 0 spiro atoms. The van der Waals surface area contributed by atoms with Crippen LogP contribution in [0.5, 0.6) is 0 Å². The van der Waals surface area contributed by atoms with E-state index in [4.69, 9.17) is 11.6 Å². The summed E-state index contributed by atoms with van der Waals surface area (Å²) < 4.78 is 1.42. The lowest BCUT2D eigenvalue weighted by Crippen LogP contribution is -2.13. The summed E-state index contributed by atoms with van der Waals surface area (Å²) in [5.41, 5.74) is 8.68. The van der Waals surface area contributed by atoms with Gasteiger partial charge in [-0.15, -0.1) is 0 Å². The van der Waals surface area contributed by atoms with E-state index in [2.05, 4.69) is 31.8 Å². The fraction of sp³-hybridized carbons (Fsp3) is 0.364. The Morgan fingerprint density at radius 1 is 1.27 bits per heavy atom. The lowest BCUT2D eigenvalue weighted by atomic mass is 9.87. The van der Waals surface area contributed by atoms with Crippen molar-refractivity contribution in [2.24, 2.45) is 0 Å². The van der Waals surface area contributed by atoms with E-state index in [0.29, 0.717) is 5.95 Å². The van der Waals surface area contributed by atoms with Crippen LogP contribution in [0.4, 0.5) is 5.95 Å². The Bertz CT molecular complexity index is 505. The molecule has 1 aromatic heterocycles. The van der Waals surface area contributed by atoms with Gasteiger partial charge >= 0.3 is 0 Å². The highest BCUT2D eigenvalue weighted by molar-refractivity contribution is 5.79. The van der Waals surface area contributed by atoms with Crippen molar-refractivity contribution in [1.29, 1.82) is 0 Å². The third-order valence-electron chi connectivity index (χ3n) is 2.58. The van der Waals surface area contributed by atoms with Gasteiger partial charge in [0.2, 0.25) is 5.95 Å². The van der Waals surface area contributed by atoms with Crippen LogP contribution < -0.4 is 11.6 Å². The SMILES string of the molecule is CC(C)(C)c1ccc2nc(N)n(N)c2c1. The molecular weight excluding hydrogens is 188 g/mol. The predicted octanol–water partition coefficient (Wildman–Crippen LogP) is 1.63. The van der Waals surface area contributed by atoms with Crippen molar-refractivity contribution in [3.8, 4) is 0 Å². The lowest BCUT2D eigenvalue weighted by molar-refractivity contribution is 0.591. The number of rotatable bonds is 0. The molecule has 0 aliphatic rings. The molecule has 0 saturated heterocycles. The Balaban J connectivity index is 2.70. The fourth-order valence-electron chi connectivity index (χ4n) is 1.58.